The van der Waals surface area contributed by atoms with Gasteiger partial charge in [-0.3, -0.25) is 0 Å². The fourth-order valence-electron chi connectivity index (χ4n) is 1.18. The molecule has 0 spiro atoms. The maximum atomic E-state index is 10.9. The highest BCUT2D eigenvalue weighted by Crippen LogP contribution is 2.18. The van der Waals surface area contributed by atoms with Crippen LogP contribution in [0, 0.1) is 5.41 Å². The second-order valence-corrected chi connectivity index (χ2v) is 4.59. The number of carboxylic acid groups (broad SMARTS) is 1. The lowest BCUT2D eigenvalue weighted by Gasteiger charge is -2.11. The molecular weight excluding hydrogens is 188 g/mol. The molecule has 0 amide bonds. The lowest BCUT2D eigenvalue weighted by Crippen LogP contribution is -2.01. The molecule has 0 atom stereocenters. The van der Waals surface area contributed by atoms with Gasteiger partial charge in [0.05, 0.1) is 5.56 Å². The van der Waals surface area contributed by atoms with E-state index in [1.807, 2.05) is 24.3 Å². The summed E-state index contributed by atoms with van der Waals surface area (Å²) in [4.78, 5) is 10.9. The van der Waals surface area contributed by atoms with E-state index in [2.05, 4.69) is 20.8 Å². The molecule has 0 bridgehead atoms. The van der Waals surface area contributed by atoms with E-state index >= 15 is 0 Å². The number of hydrogen-bond acceptors (Lipinski definition) is 1. The first-order valence-corrected chi connectivity index (χ1v) is 4.92. The Morgan fingerprint density at radius 3 is 2.40 bits per heavy atom. The van der Waals surface area contributed by atoms with Crippen LogP contribution in [0.15, 0.2) is 30.3 Å². The van der Waals surface area contributed by atoms with Crippen molar-refractivity contribution in [2.45, 2.75) is 20.8 Å². The summed E-state index contributed by atoms with van der Waals surface area (Å²) in [6.07, 6.45) is 3.87. The number of hydrogen-bond donors (Lipinski definition) is 1. The minimum atomic E-state index is -0.885. The summed E-state index contributed by atoms with van der Waals surface area (Å²) in [6, 6.07) is 7.00. The van der Waals surface area contributed by atoms with E-state index in [4.69, 9.17) is 5.11 Å². The first kappa shape index (κ1) is 11.5. The van der Waals surface area contributed by atoms with Crippen molar-refractivity contribution in [3.63, 3.8) is 0 Å². The molecule has 2 heteroatoms. The molecule has 2 nitrogen and oxygen atoms in total. The van der Waals surface area contributed by atoms with Crippen molar-refractivity contribution >= 4 is 12.0 Å². The Balaban J connectivity index is 3.05. The zero-order valence-electron chi connectivity index (χ0n) is 9.32. The van der Waals surface area contributed by atoms with E-state index in [9.17, 15) is 4.79 Å². The van der Waals surface area contributed by atoms with Gasteiger partial charge in [0.1, 0.15) is 0 Å². The number of carboxylic acids is 1. The number of carbonyl (C=O) groups is 1. The summed E-state index contributed by atoms with van der Waals surface area (Å²) in [6.45, 7) is 6.23. The van der Waals surface area contributed by atoms with E-state index < -0.39 is 5.97 Å². The van der Waals surface area contributed by atoms with Gasteiger partial charge in [0.2, 0.25) is 0 Å². The topological polar surface area (TPSA) is 37.3 Å². The van der Waals surface area contributed by atoms with Crippen LogP contribution in [0.1, 0.15) is 36.7 Å². The van der Waals surface area contributed by atoms with Gasteiger partial charge in [0.25, 0.3) is 0 Å². The molecule has 0 fully saturated rings. The molecule has 0 aliphatic carbocycles. The molecular formula is C13H16O2. The number of rotatable bonds is 2. The summed E-state index contributed by atoms with van der Waals surface area (Å²) < 4.78 is 0. The van der Waals surface area contributed by atoms with Crippen LogP contribution >= 0.6 is 0 Å². The summed E-state index contributed by atoms with van der Waals surface area (Å²) in [7, 11) is 0. The van der Waals surface area contributed by atoms with Gasteiger partial charge in [0, 0.05) is 0 Å². The number of benzene rings is 1. The Morgan fingerprint density at radius 2 is 1.87 bits per heavy atom. The SMILES string of the molecule is CC(C)(C)/C=C/c1ccccc1C(=O)O. The predicted molar refractivity (Wildman–Crippen MR) is 61.9 cm³/mol. The quantitative estimate of drug-likeness (QED) is 0.801. The van der Waals surface area contributed by atoms with Crippen LogP contribution in [0.25, 0.3) is 6.08 Å². The Kier molecular flexibility index (Phi) is 3.30. The smallest absolute Gasteiger partial charge is 0.336 e. The van der Waals surface area contributed by atoms with Gasteiger partial charge >= 0.3 is 5.97 Å². The zero-order valence-corrected chi connectivity index (χ0v) is 9.32. The van der Waals surface area contributed by atoms with E-state index in [-0.39, 0.29) is 5.41 Å². The van der Waals surface area contributed by atoms with Gasteiger partial charge in [-0.2, -0.15) is 0 Å². The molecule has 1 N–H and O–H groups in total. The Morgan fingerprint density at radius 1 is 1.27 bits per heavy atom. The molecule has 0 aromatic heterocycles. The average Bonchev–Trinajstić information content (AvgIpc) is 2.14. The van der Waals surface area contributed by atoms with Gasteiger partial charge in [-0.15, -0.1) is 0 Å². The Hall–Kier alpha value is -1.57. The Labute approximate surface area is 90.3 Å². The van der Waals surface area contributed by atoms with Gasteiger partial charge in [-0.05, 0) is 17.0 Å². The van der Waals surface area contributed by atoms with Crippen LogP contribution in [0.3, 0.4) is 0 Å². The lowest BCUT2D eigenvalue weighted by atomic mass is 9.94. The van der Waals surface area contributed by atoms with Gasteiger partial charge < -0.3 is 5.11 Å². The van der Waals surface area contributed by atoms with Crippen molar-refractivity contribution in [1.29, 1.82) is 0 Å². The minimum Gasteiger partial charge on any atom is -0.478 e. The van der Waals surface area contributed by atoms with Crippen molar-refractivity contribution in [1.82, 2.24) is 0 Å². The molecule has 0 saturated heterocycles. The highest BCUT2D eigenvalue weighted by molar-refractivity contribution is 5.92. The first-order valence-electron chi connectivity index (χ1n) is 4.92. The normalized spacial score (nSPS) is 11.9. The molecule has 0 aliphatic rings. The van der Waals surface area contributed by atoms with Crippen molar-refractivity contribution in [2.75, 3.05) is 0 Å². The van der Waals surface area contributed by atoms with E-state index in [1.165, 1.54) is 0 Å². The van der Waals surface area contributed by atoms with E-state index in [0.717, 1.165) is 5.56 Å². The van der Waals surface area contributed by atoms with Crippen molar-refractivity contribution < 1.29 is 9.90 Å². The molecule has 1 aromatic carbocycles. The lowest BCUT2D eigenvalue weighted by molar-refractivity contribution is 0.0696. The molecule has 0 unspecified atom stereocenters. The largest absolute Gasteiger partial charge is 0.478 e. The highest BCUT2D eigenvalue weighted by Gasteiger charge is 2.08. The number of allylic oxidation sites excluding steroid dienone is 1. The molecule has 1 aromatic rings. The Bertz CT molecular complexity index is 384. The van der Waals surface area contributed by atoms with E-state index in [0.29, 0.717) is 5.56 Å². The van der Waals surface area contributed by atoms with E-state index in [1.54, 1.807) is 12.1 Å². The maximum absolute atomic E-state index is 10.9. The second-order valence-electron chi connectivity index (χ2n) is 4.59. The van der Waals surface area contributed by atoms with Crippen LogP contribution in [0.4, 0.5) is 0 Å². The maximum Gasteiger partial charge on any atom is 0.336 e. The monoisotopic (exact) mass is 204 g/mol. The summed E-state index contributed by atoms with van der Waals surface area (Å²) in [5.41, 5.74) is 1.16. The third kappa shape index (κ3) is 3.58. The standard InChI is InChI=1S/C13H16O2/c1-13(2,3)9-8-10-6-4-5-7-11(10)12(14)15/h4-9H,1-3H3,(H,14,15)/b9-8+. The summed E-state index contributed by atoms with van der Waals surface area (Å²) in [5, 5.41) is 8.96. The van der Waals surface area contributed by atoms with Crippen LogP contribution in [-0.2, 0) is 0 Å². The van der Waals surface area contributed by atoms with Gasteiger partial charge in [-0.1, -0.05) is 51.1 Å². The first-order chi connectivity index (χ1) is 6.90. The van der Waals surface area contributed by atoms with Gasteiger partial charge in [-0.25, -0.2) is 4.79 Å². The molecule has 80 valence electrons. The third-order valence-corrected chi connectivity index (χ3v) is 1.95. The fraction of sp³-hybridized carbons (Fsp3) is 0.308. The molecule has 1 rings (SSSR count). The van der Waals surface area contributed by atoms with Crippen molar-refractivity contribution in [3.8, 4) is 0 Å². The summed E-state index contributed by atoms with van der Waals surface area (Å²) >= 11 is 0. The average molecular weight is 204 g/mol. The van der Waals surface area contributed by atoms with Crippen LogP contribution < -0.4 is 0 Å². The minimum absolute atomic E-state index is 0.0611. The number of aromatic carboxylic acids is 1. The predicted octanol–water partition coefficient (Wildman–Crippen LogP) is 3.44. The van der Waals surface area contributed by atoms with Crippen molar-refractivity contribution in [2.24, 2.45) is 5.41 Å². The van der Waals surface area contributed by atoms with Crippen LogP contribution in [0.2, 0.25) is 0 Å². The molecule has 0 saturated carbocycles. The highest BCUT2D eigenvalue weighted by atomic mass is 16.4. The fourth-order valence-corrected chi connectivity index (χ4v) is 1.18. The molecule has 0 radical (unpaired) electrons. The summed E-state index contributed by atoms with van der Waals surface area (Å²) in [5.74, 6) is -0.885. The third-order valence-electron chi connectivity index (χ3n) is 1.95. The van der Waals surface area contributed by atoms with Crippen LogP contribution in [-0.4, -0.2) is 11.1 Å². The van der Waals surface area contributed by atoms with Crippen LogP contribution in [0.5, 0.6) is 0 Å². The molecule has 0 heterocycles. The second kappa shape index (κ2) is 4.30. The molecule has 0 aliphatic heterocycles. The zero-order chi connectivity index (χ0) is 11.5. The molecule has 15 heavy (non-hydrogen) atoms. The van der Waals surface area contributed by atoms with Crippen molar-refractivity contribution in [3.05, 3.63) is 41.5 Å². The van der Waals surface area contributed by atoms with Gasteiger partial charge in [0.15, 0.2) is 0 Å².